The summed E-state index contributed by atoms with van der Waals surface area (Å²) in [5.41, 5.74) is 6.16. The molecule has 0 aliphatic carbocycles. The van der Waals surface area contributed by atoms with Gasteiger partial charge in [-0.15, -0.1) is 0 Å². The first-order valence-electron chi connectivity index (χ1n) is 11.8. The summed E-state index contributed by atoms with van der Waals surface area (Å²) in [6.07, 6.45) is 1.24. The molecule has 1 aliphatic rings. The summed E-state index contributed by atoms with van der Waals surface area (Å²) < 4.78 is 6.51. The smallest absolute Gasteiger partial charge is 0.0772 e. The molecule has 1 saturated heterocycles. The van der Waals surface area contributed by atoms with Crippen molar-refractivity contribution in [3.05, 3.63) is 108 Å². The molecule has 1 fully saturated rings. The van der Waals surface area contributed by atoms with Crippen molar-refractivity contribution in [2.75, 3.05) is 13.1 Å². The zero-order valence-corrected chi connectivity index (χ0v) is 18.6. The lowest BCUT2D eigenvalue weighted by atomic mass is 9.86. The highest BCUT2D eigenvalue weighted by molar-refractivity contribution is 5.86. The Morgan fingerprint density at radius 2 is 1.61 bits per heavy atom. The van der Waals surface area contributed by atoms with Crippen LogP contribution in [0.25, 0.3) is 32.9 Å². The van der Waals surface area contributed by atoms with Crippen LogP contribution in [0.3, 0.4) is 0 Å². The number of aromatic amines is 1. The first-order valence-corrected chi connectivity index (χ1v) is 11.8. The quantitative estimate of drug-likeness (QED) is 0.326. The van der Waals surface area contributed by atoms with E-state index < -0.39 is 0 Å². The van der Waals surface area contributed by atoms with Crippen LogP contribution in [0.5, 0.6) is 0 Å². The van der Waals surface area contributed by atoms with E-state index in [4.69, 9.17) is 4.74 Å². The topological polar surface area (TPSA) is 37.0 Å². The lowest BCUT2D eigenvalue weighted by Crippen LogP contribution is -2.41. The van der Waals surface area contributed by atoms with Crippen molar-refractivity contribution in [3.8, 4) is 11.3 Å². The van der Waals surface area contributed by atoms with Crippen LogP contribution in [-0.2, 0) is 11.3 Å². The van der Waals surface area contributed by atoms with E-state index in [1.165, 1.54) is 44.1 Å². The van der Waals surface area contributed by atoms with Crippen LogP contribution in [-0.4, -0.2) is 24.2 Å². The van der Waals surface area contributed by atoms with Gasteiger partial charge in [-0.05, 0) is 64.7 Å². The van der Waals surface area contributed by atoms with Crippen LogP contribution in [0.15, 0.2) is 97.1 Å². The van der Waals surface area contributed by atoms with Crippen molar-refractivity contribution in [3.63, 3.8) is 0 Å². The van der Waals surface area contributed by atoms with Crippen LogP contribution in [0.2, 0.25) is 0 Å². The van der Waals surface area contributed by atoms with Crippen LogP contribution in [0.4, 0.5) is 0 Å². The van der Waals surface area contributed by atoms with Gasteiger partial charge in [0.05, 0.1) is 12.7 Å². The van der Waals surface area contributed by atoms with Gasteiger partial charge in [-0.3, -0.25) is 0 Å². The molecule has 0 radical (unpaired) electrons. The molecule has 33 heavy (non-hydrogen) atoms. The average Bonchev–Trinajstić information content (AvgIpc) is 3.32. The second-order valence-electron chi connectivity index (χ2n) is 9.03. The number of rotatable bonds is 5. The van der Waals surface area contributed by atoms with Crippen molar-refractivity contribution < 1.29 is 4.74 Å². The molecule has 0 unspecified atom stereocenters. The number of benzene rings is 4. The summed E-state index contributed by atoms with van der Waals surface area (Å²) in [5.74, 6) is 0.385. The number of aromatic nitrogens is 1. The predicted molar refractivity (Wildman–Crippen MR) is 136 cm³/mol. The maximum Gasteiger partial charge on any atom is 0.0772 e. The Labute approximate surface area is 194 Å². The standard InChI is InChI=1S/C30H28N2O/c1-2-7-23-16-21(12-13-22(23)6-1)20-33-30-19-31-15-14-27(30)24-9-5-10-25(17-24)29-18-26-8-3-4-11-28(26)32-29/h1-13,16-18,27,30-32H,14-15,19-20H2/t27-,30+/m1/s1. The van der Waals surface area contributed by atoms with Crippen LogP contribution in [0.1, 0.15) is 23.5 Å². The highest BCUT2D eigenvalue weighted by Crippen LogP contribution is 2.32. The Kier molecular flexibility index (Phi) is 5.43. The fourth-order valence-corrected chi connectivity index (χ4v) is 5.08. The first-order chi connectivity index (χ1) is 16.3. The summed E-state index contributed by atoms with van der Waals surface area (Å²) in [7, 11) is 0. The maximum atomic E-state index is 6.51. The van der Waals surface area contributed by atoms with Crippen molar-refractivity contribution in [1.82, 2.24) is 10.3 Å². The molecule has 2 atom stereocenters. The summed E-state index contributed by atoms with van der Waals surface area (Å²) in [4.78, 5) is 3.57. The third kappa shape index (κ3) is 4.18. The Morgan fingerprint density at radius 3 is 2.52 bits per heavy atom. The monoisotopic (exact) mass is 432 g/mol. The second kappa shape index (κ2) is 8.86. The zero-order chi connectivity index (χ0) is 22.0. The Hall–Kier alpha value is -3.40. The summed E-state index contributed by atoms with van der Waals surface area (Å²) in [6.45, 7) is 2.54. The molecule has 2 heterocycles. The van der Waals surface area contributed by atoms with E-state index in [0.717, 1.165) is 19.5 Å². The summed E-state index contributed by atoms with van der Waals surface area (Å²) >= 11 is 0. The number of nitrogens with one attached hydrogen (secondary N) is 2. The molecule has 1 aliphatic heterocycles. The van der Waals surface area contributed by atoms with Gasteiger partial charge in [0.1, 0.15) is 0 Å². The van der Waals surface area contributed by atoms with E-state index in [2.05, 4.69) is 107 Å². The van der Waals surface area contributed by atoms with Gasteiger partial charge in [0.25, 0.3) is 0 Å². The molecule has 4 aromatic carbocycles. The minimum absolute atomic E-state index is 0.156. The van der Waals surface area contributed by atoms with E-state index >= 15 is 0 Å². The summed E-state index contributed by atoms with van der Waals surface area (Å²) in [6, 6.07) is 34.8. The molecule has 0 amide bonds. The molecule has 5 aromatic rings. The number of ether oxygens (including phenoxy) is 1. The predicted octanol–water partition coefficient (Wildman–Crippen LogP) is 6.65. The van der Waals surface area contributed by atoms with E-state index in [0.29, 0.717) is 12.5 Å². The van der Waals surface area contributed by atoms with Gasteiger partial charge in [0, 0.05) is 29.1 Å². The lowest BCUT2D eigenvalue weighted by molar-refractivity contribution is 0.0107. The molecule has 0 saturated carbocycles. The number of para-hydroxylation sites is 1. The largest absolute Gasteiger partial charge is 0.372 e. The minimum Gasteiger partial charge on any atom is -0.372 e. The highest BCUT2D eigenvalue weighted by Gasteiger charge is 2.27. The Bertz CT molecular complexity index is 1370. The zero-order valence-electron chi connectivity index (χ0n) is 18.6. The number of H-pyrrole nitrogens is 1. The van der Waals surface area contributed by atoms with Crippen molar-refractivity contribution in [2.45, 2.75) is 25.0 Å². The number of piperidine rings is 1. The molecule has 164 valence electrons. The van der Waals surface area contributed by atoms with E-state index in [-0.39, 0.29) is 6.10 Å². The van der Waals surface area contributed by atoms with Crippen LogP contribution >= 0.6 is 0 Å². The third-order valence-corrected chi connectivity index (χ3v) is 6.86. The Balaban J connectivity index is 1.23. The summed E-state index contributed by atoms with van der Waals surface area (Å²) in [5, 5.41) is 7.32. The average molecular weight is 433 g/mol. The molecule has 1 aromatic heterocycles. The third-order valence-electron chi connectivity index (χ3n) is 6.86. The number of hydrogen-bond acceptors (Lipinski definition) is 2. The molecule has 0 spiro atoms. The van der Waals surface area contributed by atoms with Gasteiger partial charge in [0.15, 0.2) is 0 Å². The van der Waals surface area contributed by atoms with Gasteiger partial charge in [-0.1, -0.05) is 72.8 Å². The molecule has 6 rings (SSSR count). The van der Waals surface area contributed by atoms with E-state index in [1.54, 1.807) is 0 Å². The molecule has 3 heteroatoms. The lowest BCUT2D eigenvalue weighted by Gasteiger charge is -2.32. The van der Waals surface area contributed by atoms with Crippen molar-refractivity contribution in [1.29, 1.82) is 0 Å². The van der Waals surface area contributed by atoms with Crippen molar-refractivity contribution in [2.24, 2.45) is 0 Å². The van der Waals surface area contributed by atoms with Crippen LogP contribution in [0, 0.1) is 0 Å². The fourth-order valence-electron chi connectivity index (χ4n) is 5.08. The molecule has 2 N–H and O–H groups in total. The van der Waals surface area contributed by atoms with Crippen molar-refractivity contribution >= 4 is 21.7 Å². The van der Waals surface area contributed by atoms with Gasteiger partial charge >= 0.3 is 0 Å². The Morgan fingerprint density at radius 1 is 0.758 bits per heavy atom. The molecular weight excluding hydrogens is 404 g/mol. The van der Waals surface area contributed by atoms with Gasteiger partial charge in [0.2, 0.25) is 0 Å². The van der Waals surface area contributed by atoms with Gasteiger partial charge < -0.3 is 15.0 Å². The normalized spacial score (nSPS) is 18.7. The van der Waals surface area contributed by atoms with Crippen LogP contribution < -0.4 is 5.32 Å². The molecule has 3 nitrogen and oxygen atoms in total. The van der Waals surface area contributed by atoms with E-state index in [1.807, 2.05) is 0 Å². The SMILES string of the molecule is c1cc(-c2cc3ccccc3[nH]2)cc([C@H]2CCNC[C@@H]2OCc2ccc3ccccc3c2)c1. The van der Waals surface area contributed by atoms with Gasteiger partial charge in [-0.25, -0.2) is 0 Å². The highest BCUT2D eigenvalue weighted by atomic mass is 16.5. The number of hydrogen-bond donors (Lipinski definition) is 2. The second-order valence-corrected chi connectivity index (χ2v) is 9.03. The molecular formula is C30H28N2O. The van der Waals surface area contributed by atoms with Gasteiger partial charge in [-0.2, -0.15) is 0 Å². The molecule has 0 bridgehead atoms. The van der Waals surface area contributed by atoms with E-state index in [9.17, 15) is 0 Å². The minimum atomic E-state index is 0.156. The first kappa shape index (κ1) is 20.2. The fraction of sp³-hybridized carbons (Fsp3) is 0.200. The number of fused-ring (bicyclic) bond motifs is 2. The maximum absolute atomic E-state index is 6.51.